The monoisotopic (exact) mass is 423 g/mol. The van der Waals surface area contributed by atoms with Crippen LogP contribution in [0.5, 0.6) is 0 Å². The molecule has 6 heteroatoms. The van der Waals surface area contributed by atoms with Crippen LogP contribution in [0.25, 0.3) is 22.0 Å². The second-order valence-electron chi connectivity index (χ2n) is 7.90. The molecule has 1 amide bonds. The highest BCUT2D eigenvalue weighted by atomic mass is 16.4. The first-order chi connectivity index (χ1) is 15.6. The van der Waals surface area contributed by atoms with E-state index in [0.29, 0.717) is 11.3 Å². The van der Waals surface area contributed by atoms with Crippen molar-refractivity contribution in [2.75, 3.05) is 5.32 Å². The molecule has 6 nitrogen and oxygen atoms in total. The fourth-order valence-electron chi connectivity index (χ4n) is 3.64. The van der Waals surface area contributed by atoms with Crippen LogP contribution in [0.4, 0.5) is 11.4 Å². The van der Waals surface area contributed by atoms with Gasteiger partial charge in [0.25, 0.3) is 5.91 Å². The van der Waals surface area contributed by atoms with Crippen LogP contribution in [-0.2, 0) is 0 Å². The lowest BCUT2D eigenvalue weighted by Crippen LogP contribution is -2.26. The van der Waals surface area contributed by atoms with E-state index in [1.165, 1.54) is 0 Å². The minimum atomic E-state index is -0.958. The van der Waals surface area contributed by atoms with E-state index < -0.39 is 5.97 Å². The number of fused-ring (bicyclic) bond motifs is 1. The fourth-order valence-corrected chi connectivity index (χ4v) is 3.64. The van der Waals surface area contributed by atoms with Crippen LogP contribution >= 0.6 is 0 Å². The van der Waals surface area contributed by atoms with Gasteiger partial charge in [-0.1, -0.05) is 36.4 Å². The van der Waals surface area contributed by atoms with Crippen molar-refractivity contribution in [3.05, 3.63) is 90.1 Å². The van der Waals surface area contributed by atoms with Crippen molar-refractivity contribution in [3.63, 3.8) is 0 Å². The SMILES string of the molecule is O=C(O)c1ccc(-c2ccc3ncc(C(=O)NC4CC4)c(Nc4ccccc4)c3c2)cc1. The van der Waals surface area contributed by atoms with Gasteiger partial charge < -0.3 is 15.7 Å². The summed E-state index contributed by atoms with van der Waals surface area (Å²) >= 11 is 0. The van der Waals surface area contributed by atoms with E-state index in [9.17, 15) is 9.59 Å². The number of para-hydroxylation sites is 1. The molecule has 0 spiro atoms. The van der Waals surface area contributed by atoms with Crippen LogP contribution in [0, 0.1) is 0 Å². The van der Waals surface area contributed by atoms with Gasteiger partial charge >= 0.3 is 5.97 Å². The Hall–Kier alpha value is -4.19. The molecule has 0 unspecified atom stereocenters. The molecule has 5 rings (SSSR count). The van der Waals surface area contributed by atoms with Gasteiger partial charge in [0.1, 0.15) is 0 Å². The Morgan fingerprint density at radius 2 is 1.62 bits per heavy atom. The van der Waals surface area contributed by atoms with Gasteiger partial charge in [0, 0.05) is 23.3 Å². The molecule has 1 aliphatic rings. The van der Waals surface area contributed by atoms with Crippen molar-refractivity contribution >= 4 is 34.2 Å². The quantitative estimate of drug-likeness (QED) is 0.395. The number of aromatic carboxylic acids is 1. The molecule has 0 atom stereocenters. The van der Waals surface area contributed by atoms with Gasteiger partial charge in [-0.05, 0) is 60.4 Å². The van der Waals surface area contributed by atoms with Crippen LogP contribution in [0.3, 0.4) is 0 Å². The number of anilines is 2. The van der Waals surface area contributed by atoms with Crippen LogP contribution in [-0.4, -0.2) is 28.0 Å². The molecule has 32 heavy (non-hydrogen) atoms. The zero-order chi connectivity index (χ0) is 22.1. The van der Waals surface area contributed by atoms with Crippen molar-refractivity contribution in [1.29, 1.82) is 0 Å². The Balaban J connectivity index is 1.62. The van der Waals surface area contributed by atoms with Gasteiger partial charge in [-0.3, -0.25) is 9.78 Å². The van der Waals surface area contributed by atoms with E-state index >= 15 is 0 Å². The van der Waals surface area contributed by atoms with Gasteiger partial charge in [0.2, 0.25) is 0 Å². The Kier molecular flexibility index (Phi) is 5.03. The molecule has 0 aliphatic heterocycles. The van der Waals surface area contributed by atoms with Gasteiger partial charge in [-0.2, -0.15) is 0 Å². The average Bonchev–Trinajstić information content (AvgIpc) is 3.63. The number of hydrogen-bond donors (Lipinski definition) is 3. The van der Waals surface area contributed by atoms with Gasteiger partial charge in [0.05, 0.1) is 22.3 Å². The summed E-state index contributed by atoms with van der Waals surface area (Å²) in [4.78, 5) is 28.7. The minimum Gasteiger partial charge on any atom is -0.478 e. The highest BCUT2D eigenvalue weighted by Gasteiger charge is 2.26. The van der Waals surface area contributed by atoms with Crippen molar-refractivity contribution < 1.29 is 14.7 Å². The van der Waals surface area contributed by atoms with Crippen LogP contribution in [0.1, 0.15) is 33.6 Å². The summed E-state index contributed by atoms with van der Waals surface area (Å²) in [5, 5.41) is 16.4. The summed E-state index contributed by atoms with van der Waals surface area (Å²) < 4.78 is 0. The summed E-state index contributed by atoms with van der Waals surface area (Å²) in [6.07, 6.45) is 3.63. The number of hydrogen-bond acceptors (Lipinski definition) is 4. The number of carboxylic acid groups (broad SMARTS) is 1. The number of benzene rings is 3. The Morgan fingerprint density at radius 3 is 2.31 bits per heavy atom. The van der Waals surface area contributed by atoms with Crippen LogP contribution < -0.4 is 10.6 Å². The van der Waals surface area contributed by atoms with Crippen LogP contribution in [0.2, 0.25) is 0 Å². The molecule has 0 saturated heterocycles. The Morgan fingerprint density at radius 1 is 0.906 bits per heavy atom. The number of amides is 1. The first-order valence-electron chi connectivity index (χ1n) is 10.5. The molecule has 1 aliphatic carbocycles. The first-order valence-corrected chi connectivity index (χ1v) is 10.5. The lowest BCUT2D eigenvalue weighted by molar-refractivity contribution is 0.0696. The lowest BCUT2D eigenvalue weighted by atomic mass is 10.00. The van der Waals surface area contributed by atoms with E-state index in [0.717, 1.165) is 40.6 Å². The second-order valence-corrected chi connectivity index (χ2v) is 7.90. The van der Waals surface area contributed by atoms with E-state index in [1.54, 1.807) is 30.5 Å². The first kappa shape index (κ1) is 19.8. The van der Waals surface area contributed by atoms with Crippen molar-refractivity contribution in [2.45, 2.75) is 18.9 Å². The van der Waals surface area contributed by atoms with Gasteiger partial charge in [-0.15, -0.1) is 0 Å². The molecular formula is C26H21N3O3. The molecule has 3 N–H and O–H groups in total. The zero-order valence-corrected chi connectivity index (χ0v) is 17.2. The Labute approximate surface area is 184 Å². The molecule has 3 aromatic carbocycles. The molecule has 1 fully saturated rings. The normalized spacial score (nSPS) is 13.0. The summed E-state index contributed by atoms with van der Waals surface area (Å²) in [6.45, 7) is 0. The summed E-state index contributed by atoms with van der Waals surface area (Å²) in [5.74, 6) is -1.10. The van der Waals surface area contributed by atoms with E-state index in [-0.39, 0.29) is 17.5 Å². The minimum absolute atomic E-state index is 0.142. The number of pyridine rings is 1. The van der Waals surface area contributed by atoms with E-state index in [4.69, 9.17) is 5.11 Å². The zero-order valence-electron chi connectivity index (χ0n) is 17.2. The standard InChI is InChI=1S/C26H21N3O3/c30-25(29-20-11-12-20)22-15-27-23-13-10-18(16-6-8-17(9-7-16)26(31)32)14-21(23)24(22)28-19-4-2-1-3-5-19/h1-10,13-15,20H,11-12H2,(H,27,28)(H,29,30)(H,31,32). The lowest BCUT2D eigenvalue weighted by Gasteiger charge is -2.16. The fraction of sp³-hybridized carbons (Fsp3) is 0.115. The number of carboxylic acids is 1. The summed E-state index contributed by atoms with van der Waals surface area (Å²) in [6, 6.07) is 22.5. The van der Waals surface area contributed by atoms with Crippen molar-refractivity contribution in [3.8, 4) is 11.1 Å². The largest absolute Gasteiger partial charge is 0.478 e. The predicted molar refractivity (Wildman–Crippen MR) is 124 cm³/mol. The summed E-state index contributed by atoms with van der Waals surface area (Å²) in [7, 11) is 0. The number of carbonyl (C=O) groups excluding carboxylic acids is 1. The highest BCUT2D eigenvalue weighted by Crippen LogP contribution is 2.33. The molecule has 158 valence electrons. The van der Waals surface area contributed by atoms with Crippen molar-refractivity contribution in [1.82, 2.24) is 10.3 Å². The van der Waals surface area contributed by atoms with E-state index in [1.807, 2.05) is 48.5 Å². The molecular weight excluding hydrogens is 402 g/mol. The van der Waals surface area contributed by atoms with E-state index in [2.05, 4.69) is 15.6 Å². The Bertz CT molecular complexity index is 1310. The van der Waals surface area contributed by atoms with Crippen molar-refractivity contribution in [2.24, 2.45) is 0 Å². The van der Waals surface area contributed by atoms with Gasteiger partial charge in [-0.25, -0.2) is 4.79 Å². The third-order valence-electron chi connectivity index (χ3n) is 5.53. The molecule has 1 aromatic heterocycles. The molecule has 0 bridgehead atoms. The molecule has 1 heterocycles. The number of nitrogens with zero attached hydrogens (tertiary/aromatic N) is 1. The molecule has 1 saturated carbocycles. The molecule has 4 aromatic rings. The highest BCUT2D eigenvalue weighted by molar-refractivity contribution is 6.09. The molecule has 0 radical (unpaired) electrons. The number of aromatic nitrogens is 1. The topological polar surface area (TPSA) is 91.3 Å². The summed E-state index contributed by atoms with van der Waals surface area (Å²) in [5.41, 5.74) is 4.85. The van der Waals surface area contributed by atoms with Gasteiger partial charge in [0.15, 0.2) is 0 Å². The average molecular weight is 423 g/mol. The third kappa shape index (κ3) is 4.03. The predicted octanol–water partition coefficient (Wildman–Crippen LogP) is 5.24. The maximum absolute atomic E-state index is 13.0. The maximum Gasteiger partial charge on any atom is 0.335 e. The smallest absolute Gasteiger partial charge is 0.335 e. The number of nitrogens with one attached hydrogen (secondary N) is 2. The number of rotatable bonds is 6. The maximum atomic E-state index is 13.0. The number of carbonyl (C=O) groups is 2. The second kappa shape index (κ2) is 8.15. The van der Waals surface area contributed by atoms with Crippen LogP contribution in [0.15, 0.2) is 79.0 Å². The third-order valence-corrected chi connectivity index (χ3v) is 5.53.